The van der Waals surface area contributed by atoms with Crippen molar-refractivity contribution in [3.8, 4) is 5.75 Å². The van der Waals surface area contributed by atoms with E-state index in [9.17, 15) is 4.79 Å². The van der Waals surface area contributed by atoms with E-state index in [1.54, 1.807) is 7.11 Å². The minimum absolute atomic E-state index is 0.0593. The number of amides is 1. The minimum Gasteiger partial charge on any atom is -0.496 e. The highest BCUT2D eigenvalue weighted by Gasteiger charge is 2.25. The van der Waals surface area contributed by atoms with E-state index in [0.29, 0.717) is 6.54 Å². The molecule has 0 spiro atoms. The molecule has 1 atom stereocenters. The molecule has 0 radical (unpaired) electrons. The van der Waals surface area contributed by atoms with Crippen molar-refractivity contribution in [2.24, 2.45) is 0 Å². The van der Waals surface area contributed by atoms with E-state index in [2.05, 4.69) is 39.4 Å². The van der Waals surface area contributed by atoms with Crippen LogP contribution in [-0.4, -0.2) is 50.1 Å². The largest absolute Gasteiger partial charge is 0.496 e. The number of carbonyl (C=O) groups is 1. The fraction of sp³-hybridized carbons (Fsp3) is 0.381. The quantitative estimate of drug-likeness (QED) is 0.867. The number of nitrogens with zero attached hydrogens (tertiary/aromatic N) is 2. The van der Waals surface area contributed by atoms with Gasteiger partial charge in [-0.05, 0) is 25.1 Å². The smallest absolute Gasteiger partial charge is 0.237 e. The molecule has 1 unspecified atom stereocenters. The van der Waals surface area contributed by atoms with Gasteiger partial charge in [-0.1, -0.05) is 36.4 Å². The van der Waals surface area contributed by atoms with Gasteiger partial charge < -0.3 is 15.0 Å². The zero-order valence-corrected chi connectivity index (χ0v) is 15.5. The average Bonchev–Trinajstić information content (AvgIpc) is 2.72. The van der Waals surface area contributed by atoms with Crippen molar-refractivity contribution in [1.82, 2.24) is 10.2 Å². The summed E-state index contributed by atoms with van der Waals surface area (Å²) in [5.41, 5.74) is 2.24. The highest BCUT2D eigenvalue weighted by Crippen LogP contribution is 2.18. The van der Waals surface area contributed by atoms with E-state index in [4.69, 9.17) is 4.74 Å². The summed E-state index contributed by atoms with van der Waals surface area (Å²) in [5, 5.41) is 3.04. The monoisotopic (exact) mass is 353 g/mol. The molecule has 1 saturated heterocycles. The van der Waals surface area contributed by atoms with Gasteiger partial charge in [0.2, 0.25) is 5.91 Å². The average molecular weight is 353 g/mol. The summed E-state index contributed by atoms with van der Waals surface area (Å²) in [6, 6.07) is 18.1. The van der Waals surface area contributed by atoms with Crippen molar-refractivity contribution in [1.29, 1.82) is 0 Å². The first-order valence-corrected chi connectivity index (χ1v) is 9.12. The van der Waals surface area contributed by atoms with Crippen LogP contribution in [0.1, 0.15) is 12.5 Å². The number of rotatable bonds is 6. The lowest BCUT2D eigenvalue weighted by Gasteiger charge is -2.38. The molecule has 1 amide bonds. The second-order valence-corrected chi connectivity index (χ2v) is 6.56. The molecule has 1 N–H and O–H groups in total. The van der Waals surface area contributed by atoms with E-state index < -0.39 is 0 Å². The van der Waals surface area contributed by atoms with Crippen LogP contribution in [-0.2, 0) is 11.3 Å². The second-order valence-electron chi connectivity index (χ2n) is 6.56. The first-order valence-electron chi connectivity index (χ1n) is 9.12. The molecule has 5 nitrogen and oxygen atoms in total. The van der Waals surface area contributed by atoms with Gasteiger partial charge in [0.1, 0.15) is 5.75 Å². The highest BCUT2D eigenvalue weighted by molar-refractivity contribution is 5.81. The van der Waals surface area contributed by atoms with Crippen molar-refractivity contribution in [2.75, 3.05) is 38.2 Å². The zero-order valence-electron chi connectivity index (χ0n) is 15.5. The van der Waals surface area contributed by atoms with Crippen molar-refractivity contribution >= 4 is 11.6 Å². The molecular formula is C21H27N3O2. The Bertz CT molecular complexity index is 712. The molecule has 0 bridgehead atoms. The first kappa shape index (κ1) is 18.3. The number of carbonyl (C=O) groups excluding carboxylic acids is 1. The fourth-order valence-corrected chi connectivity index (χ4v) is 3.35. The summed E-state index contributed by atoms with van der Waals surface area (Å²) in [6.07, 6.45) is 0. The van der Waals surface area contributed by atoms with Crippen molar-refractivity contribution in [2.45, 2.75) is 19.5 Å². The van der Waals surface area contributed by atoms with Gasteiger partial charge in [0.15, 0.2) is 0 Å². The normalized spacial score (nSPS) is 16.2. The van der Waals surface area contributed by atoms with Crippen molar-refractivity contribution in [3.05, 3.63) is 60.2 Å². The third kappa shape index (κ3) is 4.35. The number of para-hydroxylation sites is 2. The molecule has 0 saturated carbocycles. The van der Waals surface area contributed by atoms with Crippen molar-refractivity contribution in [3.63, 3.8) is 0 Å². The van der Waals surface area contributed by atoms with Gasteiger partial charge in [-0.3, -0.25) is 9.69 Å². The third-order valence-corrected chi connectivity index (χ3v) is 5.01. The molecule has 0 aromatic heterocycles. The Balaban J connectivity index is 1.50. The lowest BCUT2D eigenvalue weighted by molar-refractivity contribution is -0.126. The van der Waals surface area contributed by atoms with Gasteiger partial charge in [0.05, 0.1) is 13.2 Å². The van der Waals surface area contributed by atoms with Crippen LogP contribution in [0.25, 0.3) is 0 Å². The lowest BCUT2D eigenvalue weighted by Crippen LogP contribution is -2.53. The van der Waals surface area contributed by atoms with E-state index in [-0.39, 0.29) is 11.9 Å². The second kappa shape index (κ2) is 8.72. The topological polar surface area (TPSA) is 44.8 Å². The Morgan fingerprint density at radius 1 is 1.04 bits per heavy atom. The maximum atomic E-state index is 12.6. The summed E-state index contributed by atoms with van der Waals surface area (Å²) in [5.74, 6) is 0.862. The van der Waals surface area contributed by atoms with Crippen LogP contribution in [0.3, 0.4) is 0 Å². The summed E-state index contributed by atoms with van der Waals surface area (Å²) in [7, 11) is 1.65. The number of anilines is 1. The number of methoxy groups -OCH3 is 1. The standard InChI is InChI=1S/C21H27N3O2/c1-17(21(25)22-16-18-8-6-7-11-20(18)26-2)23-12-14-24(15-13-23)19-9-4-3-5-10-19/h3-11,17H,12-16H2,1-2H3,(H,22,25). The maximum absolute atomic E-state index is 12.6. The Morgan fingerprint density at radius 2 is 1.69 bits per heavy atom. The maximum Gasteiger partial charge on any atom is 0.237 e. The van der Waals surface area contributed by atoms with Crippen molar-refractivity contribution < 1.29 is 9.53 Å². The van der Waals surface area contributed by atoms with Gasteiger partial charge in [-0.2, -0.15) is 0 Å². The van der Waals surface area contributed by atoms with E-state index in [0.717, 1.165) is 37.5 Å². The highest BCUT2D eigenvalue weighted by atomic mass is 16.5. The summed E-state index contributed by atoms with van der Waals surface area (Å²) in [4.78, 5) is 17.2. The van der Waals surface area contributed by atoms with Crippen LogP contribution in [0.15, 0.2) is 54.6 Å². The van der Waals surface area contributed by atoms with Gasteiger partial charge >= 0.3 is 0 Å². The molecule has 1 aliphatic rings. The number of ether oxygens (including phenoxy) is 1. The summed E-state index contributed by atoms with van der Waals surface area (Å²) < 4.78 is 5.34. The minimum atomic E-state index is -0.136. The molecular weight excluding hydrogens is 326 g/mol. The number of hydrogen-bond acceptors (Lipinski definition) is 4. The molecule has 2 aromatic carbocycles. The molecule has 2 aromatic rings. The molecule has 1 aliphatic heterocycles. The van der Waals surface area contributed by atoms with Gasteiger partial charge in [0, 0.05) is 44.0 Å². The molecule has 5 heteroatoms. The fourth-order valence-electron chi connectivity index (χ4n) is 3.35. The van der Waals surface area contributed by atoms with E-state index in [1.165, 1.54) is 5.69 Å². The van der Waals surface area contributed by atoms with Crippen LogP contribution in [0, 0.1) is 0 Å². The summed E-state index contributed by atoms with van der Waals surface area (Å²) in [6.45, 7) is 6.12. The number of benzene rings is 2. The molecule has 1 fully saturated rings. The van der Waals surface area contributed by atoms with Gasteiger partial charge in [-0.15, -0.1) is 0 Å². The Hall–Kier alpha value is -2.53. The lowest BCUT2D eigenvalue weighted by atomic mass is 10.1. The summed E-state index contributed by atoms with van der Waals surface area (Å²) >= 11 is 0. The van der Waals surface area contributed by atoms with Crippen LogP contribution in [0.2, 0.25) is 0 Å². The first-order chi connectivity index (χ1) is 12.7. The Labute approximate surface area is 155 Å². The van der Waals surface area contributed by atoms with Crippen LogP contribution in [0.4, 0.5) is 5.69 Å². The van der Waals surface area contributed by atoms with E-state index >= 15 is 0 Å². The number of piperazine rings is 1. The Morgan fingerprint density at radius 3 is 2.38 bits per heavy atom. The van der Waals surface area contributed by atoms with Crippen LogP contribution in [0.5, 0.6) is 5.75 Å². The SMILES string of the molecule is COc1ccccc1CNC(=O)C(C)N1CCN(c2ccccc2)CC1. The molecule has 138 valence electrons. The van der Waals surface area contributed by atoms with E-state index in [1.807, 2.05) is 37.3 Å². The van der Waals surface area contributed by atoms with Crippen LogP contribution < -0.4 is 15.0 Å². The molecule has 1 heterocycles. The van der Waals surface area contributed by atoms with Crippen LogP contribution >= 0.6 is 0 Å². The number of nitrogens with one attached hydrogen (secondary N) is 1. The number of hydrogen-bond donors (Lipinski definition) is 1. The Kier molecular flexibility index (Phi) is 6.12. The van der Waals surface area contributed by atoms with Gasteiger partial charge in [0.25, 0.3) is 0 Å². The molecule has 0 aliphatic carbocycles. The molecule has 26 heavy (non-hydrogen) atoms. The predicted octanol–water partition coefficient (Wildman–Crippen LogP) is 2.52. The third-order valence-electron chi connectivity index (χ3n) is 5.01. The zero-order chi connectivity index (χ0) is 18.4. The van der Waals surface area contributed by atoms with Gasteiger partial charge in [-0.25, -0.2) is 0 Å². The molecule has 3 rings (SSSR count). The predicted molar refractivity (Wildman–Crippen MR) is 105 cm³/mol.